The van der Waals surface area contributed by atoms with Crippen molar-refractivity contribution in [1.29, 1.82) is 0 Å². The van der Waals surface area contributed by atoms with Gasteiger partial charge >= 0.3 is 6.18 Å². The van der Waals surface area contributed by atoms with Crippen molar-refractivity contribution in [1.82, 2.24) is 10.3 Å². The molecule has 0 aliphatic rings. The van der Waals surface area contributed by atoms with Crippen LogP contribution in [0.15, 0.2) is 71.3 Å². The standard InChI is InChI=1S/C38H50BrF3N2O9/c1-28(44-36(46)37(2,3)53-35-12-9-31(27-43-35)38(40,41)42)34(25-29-7-10-32(39)11-8-29)30-5-4-6-33(26-30)52-24-23-51-22-21-50-20-19-49-18-17-48-16-15-47-14-13-45/h4-12,26-28,34,45H,13-25H2,1-3H3,(H,44,46). The summed E-state index contributed by atoms with van der Waals surface area (Å²) in [5.74, 6) is -0.0700. The number of aliphatic hydroxyl groups excluding tert-OH is 1. The second-order valence-corrected chi connectivity index (χ2v) is 13.3. The quantitative estimate of drug-likeness (QED) is 0.0932. The summed E-state index contributed by atoms with van der Waals surface area (Å²) in [6.07, 6.45) is -3.25. The fraction of sp³-hybridized carbons (Fsp3) is 0.526. The lowest BCUT2D eigenvalue weighted by Crippen LogP contribution is -2.51. The van der Waals surface area contributed by atoms with E-state index < -0.39 is 23.2 Å². The lowest BCUT2D eigenvalue weighted by molar-refractivity contribution is -0.138. The first-order valence-electron chi connectivity index (χ1n) is 17.4. The molecule has 0 aliphatic carbocycles. The molecule has 1 aromatic heterocycles. The van der Waals surface area contributed by atoms with Crippen molar-refractivity contribution in [2.75, 3.05) is 79.3 Å². The zero-order valence-electron chi connectivity index (χ0n) is 30.4. The summed E-state index contributed by atoms with van der Waals surface area (Å²) < 4.78 is 78.7. The molecule has 1 amide bonds. The van der Waals surface area contributed by atoms with E-state index in [1.54, 1.807) is 0 Å². The van der Waals surface area contributed by atoms with E-state index in [1.807, 2.05) is 55.5 Å². The molecule has 0 bridgehead atoms. The van der Waals surface area contributed by atoms with Crippen molar-refractivity contribution < 1.29 is 56.2 Å². The van der Waals surface area contributed by atoms with Gasteiger partial charge in [-0.25, -0.2) is 4.98 Å². The second kappa shape index (κ2) is 23.5. The summed E-state index contributed by atoms with van der Waals surface area (Å²) in [4.78, 5) is 17.2. The number of alkyl halides is 3. The van der Waals surface area contributed by atoms with Gasteiger partial charge in [0.1, 0.15) is 12.4 Å². The highest BCUT2D eigenvalue weighted by Gasteiger charge is 2.35. The third kappa shape index (κ3) is 17.1. The molecule has 2 unspecified atom stereocenters. The fourth-order valence-electron chi connectivity index (χ4n) is 4.95. The van der Waals surface area contributed by atoms with E-state index >= 15 is 0 Å². The average Bonchev–Trinajstić information content (AvgIpc) is 3.12. The lowest BCUT2D eigenvalue weighted by Gasteiger charge is -2.31. The van der Waals surface area contributed by atoms with Gasteiger partial charge in [0.15, 0.2) is 5.60 Å². The van der Waals surface area contributed by atoms with Crippen molar-refractivity contribution in [3.05, 3.63) is 88.0 Å². The molecule has 0 aliphatic heterocycles. The number of halogens is 4. The van der Waals surface area contributed by atoms with Crippen molar-refractivity contribution in [3.8, 4) is 11.6 Å². The number of hydrogen-bond donors (Lipinski definition) is 2. The minimum atomic E-state index is -4.53. The minimum Gasteiger partial charge on any atom is -0.491 e. The Labute approximate surface area is 317 Å². The number of carbonyl (C=O) groups excluding carboxylic acids is 1. The number of rotatable bonds is 26. The molecule has 2 N–H and O–H groups in total. The van der Waals surface area contributed by atoms with E-state index in [0.717, 1.165) is 27.7 Å². The highest BCUT2D eigenvalue weighted by molar-refractivity contribution is 9.10. The van der Waals surface area contributed by atoms with Crippen LogP contribution in [-0.2, 0) is 41.1 Å². The van der Waals surface area contributed by atoms with Gasteiger partial charge < -0.3 is 43.6 Å². The first-order chi connectivity index (χ1) is 25.4. The first kappa shape index (κ1) is 44.1. The van der Waals surface area contributed by atoms with Gasteiger partial charge in [0.2, 0.25) is 5.88 Å². The Morgan fingerprint density at radius 3 is 1.91 bits per heavy atom. The number of aliphatic hydroxyl groups is 1. The van der Waals surface area contributed by atoms with E-state index in [-0.39, 0.29) is 24.4 Å². The number of amides is 1. The molecule has 0 saturated carbocycles. The Morgan fingerprint density at radius 2 is 1.38 bits per heavy atom. The SMILES string of the molecule is CC(NC(=O)C(C)(C)Oc1ccc(C(F)(F)F)cn1)C(Cc1ccc(Br)cc1)c1cccc(OCCOCCOCCOCCOCCOCCO)c1. The molecule has 0 fully saturated rings. The first-order valence-corrected chi connectivity index (χ1v) is 18.2. The Balaban J connectivity index is 1.47. The van der Waals surface area contributed by atoms with Gasteiger partial charge in [-0.1, -0.05) is 40.2 Å². The van der Waals surface area contributed by atoms with Gasteiger partial charge in [0.05, 0.1) is 78.2 Å². The van der Waals surface area contributed by atoms with Crippen LogP contribution in [0.3, 0.4) is 0 Å². The zero-order valence-corrected chi connectivity index (χ0v) is 32.0. The van der Waals surface area contributed by atoms with Crippen LogP contribution in [0, 0.1) is 0 Å². The van der Waals surface area contributed by atoms with Crippen LogP contribution >= 0.6 is 15.9 Å². The molecule has 1 heterocycles. The fourth-order valence-corrected chi connectivity index (χ4v) is 5.22. The maximum Gasteiger partial charge on any atom is 0.417 e. The molecule has 3 aromatic rings. The monoisotopic (exact) mass is 814 g/mol. The molecular formula is C38H50BrF3N2O9. The number of carbonyl (C=O) groups is 1. The maximum atomic E-state index is 13.5. The van der Waals surface area contributed by atoms with Crippen LogP contribution in [0.1, 0.15) is 43.4 Å². The predicted molar refractivity (Wildman–Crippen MR) is 195 cm³/mol. The van der Waals surface area contributed by atoms with Crippen LogP contribution in [0.4, 0.5) is 13.2 Å². The average molecular weight is 816 g/mol. The van der Waals surface area contributed by atoms with E-state index in [0.29, 0.717) is 91.0 Å². The topological polar surface area (TPSA) is 127 Å². The van der Waals surface area contributed by atoms with Gasteiger partial charge in [-0.05, 0) is 68.7 Å². The van der Waals surface area contributed by atoms with Crippen LogP contribution in [0.25, 0.3) is 0 Å². The molecule has 294 valence electrons. The lowest BCUT2D eigenvalue weighted by atomic mass is 9.86. The number of hydrogen-bond acceptors (Lipinski definition) is 10. The molecule has 3 rings (SSSR count). The van der Waals surface area contributed by atoms with E-state index in [1.165, 1.54) is 13.8 Å². The highest BCUT2D eigenvalue weighted by Crippen LogP contribution is 2.31. The van der Waals surface area contributed by atoms with Gasteiger partial charge in [-0.2, -0.15) is 13.2 Å². The summed E-state index contributed by atoms with van der Waals surface area (Å²) >= 11 is 3.48. The van der Waals surface area contributed by atoms with Crippen molar-refractivity contribution in [2.45, 2.75) is 50.9 Å². The van der Waals surface area contributed by atoms with E-state index in [4.69, 9.17) is 38.3 Å². The Kier molecular flexibility index (Phi) is 19.5. The number of nitrogens with zero attached hydrogens (tertiary/aromatic N) is 1. The van der Waals surface area contributed by atoms with Gasteiger partial charge in [-0.15, -0.1) is 0 Å². The van der Waals surface area contributed by atoms with Crippen LogP contribution in [0.5, 0.6) is 11.6 Å². The van der Waals surface area contributed by atoms with E-state index in [2.05, 4.69) is 26.2 Å². The number of benzene rings is 2. The Hall–Kier alpha value is -3.31. The molecule has 2 aromatic carbocycles. The molecule has 11 nitrogen and oxygen atoms in total. The number of ether oxygens (including phenoxy) is 7. The summed E-state index contributed by atoms with van der Waals surface area (Å²) in [7, 11) is 0. The van der Waals surface area contributed by atoms with Crippen molar-refractivity contribution >= 4 is 21.8 Å². The summed E-state index contributed by atoms with van der Waals surface area (Å²) in [6, 6.07) is 17.2. The van der Waals surface area contributed by atoms with Gasteiger partial charge in [-0.3, -0.25) is 4.79 Å². The van der Waals surface area contributed by atoms with Gasteiger partial charge in [0.25, 0.3) is 5.91 Å². The largest absolute Gasteiger partial charge is 0.491 e. The van der Waals surface area contributed by atoms with Crippen LogP contribution in [0.2, 0.25) is 0 Å². The van der Waals surface area contributed by atoms with E-state index in [9.17, 15) is 18.0 Å². The summed E-state index contributed by atoms with van der Waals surface area (Å²) in [5, 5.41) is 11.7. The highest BCUT2D eigenvalue weighted by atomic mass is 79.9. The predicted octanol–water partition coefficient (Wildman–Crippen LogP) is 6.01. The second-order valence-electron chi connectivity index (χ2n) is 12.4. The number of pyridine rings is 1. The third-order valence-corrected chi connectivity index (χ3v) is 8.34. The number of nitrogens with one attached hydrogen (secondary N) is 1. The molecule has 0 radical (unpaired) electrons. The van der Waals surface area contributed by atoms with Crippen molar-refractivity contribution in [2.24, 2.45) is 0 Å². The normalized spacial score (nSPS) is 13.1. The van der Waals surface area contributed by atoms with Crippen molar-refractivity contribution in [3.63, 3.8) is 0 Å². The smallest absolute Gasteiger partial charge is 0.417 e. The maximum absolute atomic E-state index is 13.5. The molecular weight excluding hydrogens is 765 g/mol. The summed E-state index contributed by atoms with van der Waals surface area (Å²) in [5.41, 5.74) is -0.337. The van der Waals surface area contributed by atoms with Crippen LogP contribution in [-0.4, -0.2) is 107 Å². The van der Waals surface area contributed by atoms with Crippen LogP contribution < -0.4 is 14.8 Å². The molecule has 0 saturated heterocycles. The minimum absolute atomic E-state index is 0.00275. The van der Waals surface area contributed by atoms with Gasteiger partial charge in [0, 0.05) is 28.7 Å². The molecule has 15 heteroatoms. The summed E-state index contributed by atoms with van der Waals surface area (Å²) in [6.45, 7) is 9.47. The number of aromatic nitrogens is 1. The molecule has 53 heavy (non-hydrogen) atoms. The molecule has 0 spiro atoms. The molecule has 2 atom stereocenters. The zero-order chi connectivity index (χ0) is 38.5. The Bertz CT molecular complexity index is 1460. The third-order valence-electron chi connectivity index (χ3n) is 7.81. The Morgan fingerprint density at radius 1 is 0.811 bits per heavy atom.